The number of alkyl carbamates (subject to hydrolysis) is 1. The second-order valence-corrected chi connectivity index (χ2v) is 7.75. The third kappa shape index (κ3) is 7.01. The Morgan fingerprint density at radius 2 is 1.88 bits per heavy atom. The number of nitrogens with zero attached hydrogens (tertiary/aromatic N) is 1. The molecule has 148 valence electrons. The van der Waals surface area contributed by atoms with Crippen molar-refractivity contribution >= 4 is 24.3 Å². The summed E-state index contributed by atoms with van der Waals surface area (Å²) >= 11 is 0. The van der Waals surface area contributed by atoms with Crippen molar-refractivity contribution in [2.24, 2.45) is 5.92 Å². The Hall–Kier alpha value is -2.12. The first-order chi connectivity index (χ1) is 12.0. The Kier molecular flexibility index (Phi) is 8.05. The summed E-state index contributed by atoms with van der Waals surface area (Å²) in [6.07, 6.45) is 2.74. The lowest BCUT2D eigenvalue weighted by atomic mass is 9.88. The molecule has 0 aromatic heterocycles. The number of ether oxygens (including phenoxy) is 1. The van der Waals surface area contributed by atoms with E-state index in [1.807, 2.05) is 0 Å². The Bertz CT molecular complexity index is 528. The smallest absolute Gasteiger partial charge is 0.407 e. The zero-order chi connectivity index (χ0) is 19.9. The van der Waals surface area contributed by atoms with E-state index in [1.165, 1.54) is 4.90 Å². The summed E-state index contributed by atoms with van der Waals surface area (Å²) in [5.74, 6) is -2.40. The van der Waals surface area contributed by atoms with Crippen molar-refractivity contribution < 1.29 is 29.0 Å². The molecule has 0 aromatic carbocycles. The molecule has 1 unspecified atom stereocenters. The highest BCUT2D eigenvalue weighted by Crippen LogP contribution is 2.25. The summed E-state index contributed by atoms with van der Waals surface area (Å²) < 4.78 is 5.29. The minimum atomic E-state index is -1.12. The van der Waals surface area contributed by atoms with Crippen LogP contribution in [0.3, 0.4) is 0 Å². The standard InChI is InChI=1S/C18H30N2O6/c1-18(2,3)26-17(25)19-13-7-5-6-8-14(13)20(4)16(24)12(9-10-21)11-15(22)23/h10,12-14H,5-9,11H2,1-4H3,(H,19,25)(H,22,23)/t12?,13-,14-/m0/s1. The van der Waals surface area contributed by atoms with Crippen LogP contribution >= 0.6 is 0 Å². The number of aliphatic carboxylic acids is 1. The quantitative estimate of drug-likeness (QED) is 0.662. The number of hydrogen-bond acceptors (Lipinski definition) is 5. The molecule has 1 rings (SSSR count). The van der Waals surface area contributed by atoms with Gasteiger partial charge in [-0.15, -0.1) is 0 Å². The first-order valence-corrected chi connectivity index (χ1v) is 8.96. The van der Waals surface area contributed by atoms with Crippen molar-refractivity contribution in [1.82, 2.24) is 10.2 Å². The third-order valence-corrected chi connectivity index (χ3v) is 4.43. The van der Waals surface area contributed by atoms with E-state index in [9.17, 15) is 19.2 Å². The number of likely N-dealkylation sites (N-methyl/N-ethyl adjacent to an activating group) is 1. The molecule has 0 spiro atoms. The first kappa shape index (κ1) is 21.9. The molecule has 26 heavy (non-hydrogen) atoms. The van der Waals surface area contributed by atoms with Crippen LogP contribution in [-0.4, -0.2) is 59.0 Å². The van der Waals surface area contributed by atoms with E-state index in [0.717, 1.165) is 12.8 Å². The Labute approximate surface area is 154 Å². The molecule has 8 nitrogen and oxygen atoms in total. The summed E-state index contributed by atoms with van der Waals surface area (Å²) in [6.45, 7) is 5.32. The average molecular weight is 370 g/mol. The number of amides is 2. The van der Waals surface area contributed by atoms with Crippen LogP contribution in [0.1, 0.15) is 59.3 Å². The lowest BCUT2D eigenvalue weighted by molar-refractivity contribution is -0.146. The van der Waals surface area contributed by atoms with Crippen molar-refractivity contribution in [2.75, 3.05) is 7.05 Å². The molecule has 0 aliphatic heterocycles. The van der Waals surface area contributed by atoms with Gasteiger partial charge in [-0.05, 0) is 33.6 Å². The molecule has 3 atom stereocenters. The van der Waals surface area contributed by atoms with Crippen LogP contribution in [-0.2, 0) is 19.1 Å². The fraction of sp³-hybridized carbons (Fsp3) is 0.778. The van der Waals surface area contributed by atoms with Crippen LogP contribution in [0.2, 0.25) is 0 Å². The normalized spacial score (nSPS) is 21.4. The molecule has 0 aromatic rings. The molecule has 0 radical (unpaired) electrons. The number of carboxylic acids is 1. The van der Waals surface area contributed by atoms with E-state index in [0.29, 0.717) is 19.1 Å². The van der Waals surface area contributed by atoms with E-state index in [2.05, 4.69) is 5.32 Å². The number of aldehydes is 1. The molecule has 0 saturated heterocycles. The molecule has 2 N–H and O–H groups in total. The van der Waals surface area contributed by atoms with Gasteiger partial charge < -0.3 is 24.9 Å². The van der Waals surface area contributed by atoms with Gasteiger partial charge in [0, 0.05) is 13.5 Å². The summed E-state index contributed by atoms with van der Waals surface area (Å²) in [5.41, 5.74) is -0.619. The highest BCUT2D eigenvalue weighted by molar-refractivity contribution is 5.85. The monoisotopic (exact) mass is 370 g/mol. The zero-order valence-electron chi connectivity index (χ0n) is 16.0. The van der Waals surface area contributed by atoms with Crippen molar-refractivity contribution in [3.05, 3.63) is 0 Å². The minimum absolute atomic E-state index is 0.133. The maximum Gasteiger partial charge on any atom is 0.407 e. The lowest BCUT2D eigenvalue weighted by Crippen LogP contribution is -2.55. The van der Waals surface area contributed by atoms with Crippen molar-refractivity contribution in [3.63, 3.8) is 0 Å². The van der Waals surface area contributed by atoms with E-state index >= 15 is 0 Å². The van der Waals surface area contributed by atoms with Gasteiger partial charge in [-0.25, -0.2) is 4.79 Å². The van der Waals surface area contributed by atoms with E-state index in [4.69, 9.17) is 9.84 Å². The lowest BCUT2D eigenvalue weighted by Gasteiger charge is -2.39. The van der Waals surface area contributed by atoms with Gasteiger partial charge >= 0.3 is 12.1 Å². The SMILES string of the molecule is CN(C(=O)C(CC=O)CC(=O)O)[C@H]1CCCC[C@@H]1NC(=O)OC(C)(C)C. The van der Waals surface area contributed by atoms with Crippen LogP contribution in [0.4, 0.5) is 4.79 Å². The van der Waals surface area contributed by atoms with Crippen LogP contribution in [0, 0.1) is 5.92 Å². The van der Waals surface area contributed by atoms with Gasteiger partial charge in [-0.3, -0.25) is 9.59 Å². The number of carbonyl (C=O) groups excluding carboxylic acids is 3. The van der Waals surface area contributed by atoms with Crippen molar-refractivity contribution in [3.8, 4) is 0 Å². The maximum atomic E-state index is 12.7. The fourth-order valence-electron chi connectivity index (χ4n) is 3.25. The molecule has 0 bridgehead atoms. The van der Waals surface area contributed by atoms with Gasteiger partial charge in [0.15, 0.2) is 0 Å². The van der Waals surface area contributed by atoms with Crippen LogP contribution in [0.15, 0.2) is 0 Å². The molecule has 0 heterocycles. The molecule has 2 amide bonds. The number of nitrogens with one attached hydrogen (secondary N) is 1. The van der Waals surface area contributed by atoms with E-state index < -0.39 is 30.0 Å². The van der Waals surface area contributed by atoms with Gasteiger partial charge in [0.2, 0.25) is 5.91 Å². The Balaban J connectivity index is 2.83. The molecule has 1 aliphatic carbocycles. The van der Waals surface area contributed by atoms with Gasteiger partial charge in [-0.1, -0.05) is 12.8 Å². The molecule has 1 fully saturated rings. The summed E-state index contributed by atoms with van der Waals surface area (Å²) in [6, 6.07) is -0.527. The van der Waals surface area contributed by atoms with E-state index in [-0.39, 0.29) is 24.4 Å². The van der Waals surface area contributed by atoms with Crippen LogP contribution < -0.4 is 5.32 Å². The van der Waals surface area contributed by atoms with Crippen molar-refractivity contribution in [2.45, 2.75) is 77.0 Å². The van der Waals surface area contributed by atoms with Gasteiger partial charge in [-0.2, -0.15) is 0 Å². The van der Waals surface area contributed by atoms with Gasteiger partial charge in [0.1, 0.15) is 11.9 Å². The average Bonchev–Trinajstić information content (AvgIpc) is 2.51. The fourth-order valence-corrected chi connectivity index (χ4v) is 3.25. The Morgan fingerprint density at radius 3 is 2.42 bits per heavy atom. The molecule has 8 heteroatoms. The Morgan fingerprint density at radius 1 is 1.27 bits per heavy atom. The summed E-state index contributed by atoms with van der Waals surface area (Å²) in [7, 11) is 1.60. The molecule has 1 saturated carbocycles. The third-order valence-electron chi connectivity index (χ3n) is 4.43. The summed E-state index contributed by atoms with van der Waals surface area (Å²) in [5, 5.41) is 11.8. The van der Waals surface area contributed by atoms with Gasteiger partial charge in [0.25, 0.3) is 0 Å². The number of hydrogen-bond donors (Lipinski definition) is 2. The van der Waals surface area contributed by atoms with Crippen molar-refractivity contribution in [1.29, 1.82) is 0 Å². The number of carbonyl (C=O) groups is 4. The van der Waals surface area contributed by atoms with Gasteiger partial charge in [0.05, 0.1) is 24.4 Å². The minimum Gasteiger partial charge on any atom is -0.481 e. The summed E-state index contributed by atoms with van der Waals surface area (Å²) in [4.78, 5) is 48.0. The largest absolute Gasteiger partial charge is 0.481 e. The predicted molar refractivity (Wildman–Crippen MR) is 94.6 cm³/mol. The molecule has 1 aliphatic rings. The highest BCUT2D eigenvalue weighted by atomic mass is 16.6. The zero-order valence-corrected chi connectivity index (χ0v) is 16.0. The van der Waals surface area contributed by atoms with E-state index in [1.54, 1.807) is 27.8 Å². The van der Waals surface area contributed by atoms with Crippen LogP contribution in [0.25, 0.3) is 0 Å². The predicted octanol–water partition coefficient (Wildman–Crippen LogP) is 1.96. The maximum absolute atomic E-state index is 12.7. The van der Waals surface area contributed by atoms with Crippen LogP contribution in [0.5, 0.6) is 0 Å². The molecular weight excluding hydrogens is 340 g/mol. The second kappa shape index (κ2) is 9.54. The topological polar surface area (TPSA) is 113 Å². The number of carboxylic acid groups (broad SMARTS) is 1. The number of rotatable bonds is 7. The first-order valence-electron chi connectivity index (χ1n) is 8.96. The highest BCUT2D eigenvalue weighted by Gasteiger charge is 2.35. The second-order valence-electron chi connectivity index (χ2n) is 7.75. The molecular formula is C18H30N2O6.